The fourth-order valence-electron chi connectivity index (χ4n) is 2.19. The molecule has 1 amide bonds. The van der Waals surface area contributed by atoms with Crippen molar-refractivity contribution in [1.82, 2.24) is 5.32 Å². The van der Waals surface area contributed by atoms with Crippen LogP contribution in [0.2, 0.25) is 0 Å². The quantitative estimate of drug-likeness (QED) is 0.876. The van der Waals surface area contributed by atoms with E-state index in [1.54, 1.807) is 24.3 Å². The number of furan rings is 1. The fourth-order valence-corrected chi connectivity index (χ4v) is 2.19. The molecule has 2 heterocycles. The Labute approximate surface area is 125 Å². The molecule has 22 heavy (non-hydrogen) atoms. The second-order valence-corrected chi connectivity index (χ2v) is 4.71. The molecule has 0 saturated carbocycles. The molecule has 2 N–H and O–H groups in total. The van der Waals surface area contributed by atoms with Gasteiger partial charge in [0.25, 0.3) is 5.91 Å². The number of rotatable bonds is 5. The summed E-state index contributed by atoms with van der Waals surface area (Å²) in [6, 6.07) is 7.44. The number of hydrogen-bond acceptors (Lipinski definition) is 5. The lowest BCUT2D eigenvalue weighted by molar-refractivity contribution is -0.137. The van der Waals surface area contributed by atoms with Crippen LogP contribution in [0.25, 0.3) is 0 Å². The summed E-state index contributed by atoms with van der Waals surface area (Å²) < 4.78 is 15.5. The number of fused-ring (bicyclic) bond motifs is 1. The molecule has 2 aromatic rings. The van der Waals surface area contributed by atoms with Crippen molar-refractivity contribution in [2.24, 2.45) is 0 Å². The van der Waals surface area contributed by atoms with E-state index in [-0.39, 0.29) is 19.0 Å². The Bertz CT molecular complexity index is 694. The number of aliphatic carboxylic acids is 1. The molecule has 114 valence electrons. The van der Waals surface area contributed by atoms with Crippen molar-refractivity contribution in [3.8, 4) is 11.5 Å². The summed E-state index contributed by atoms with van der Waals surface area (Å²) in [7, 11) is 0. The lowest BCUT2D eigenvalue weighted by Crippen LogP contribution is -2.29. The molecule has 1 aromatic heterocycles. The average molecular weight is 303 g/mol. The molecule has 0 saturated heterocycles. The summed E-state index contributed by atoms with van der Waals surface area (Å²) in [5, 5.41) is 11.7. The summed E-state index contributed by atoms with van der Waals surface area (Å²) in [4.78, 5) is 23.1. The van der Waals surface area contributed by atoms with E-state index in [9.17, 15) is 9.59 Å². The Hall–Kier alpha value is -2.96. The van der Waals surface area contributed by atoms with Gasteiger partial charge in [-0.25, -0.2) is 0 Å². The first-order chi connectivity index (χ1) is 10.6. The van der Waals surface area contributed by atoms with E-state index in [4.69, 9.17) is 19.0 Å². The monoisotopic (exact) mass is 303 g/mol. The standard InChI is InChI=1S/C15H13NO6/c17-14(18)7-10(16-15(19)12-2-1-5-20-12)9-3-4-11-13(6-9)22-8-21-11/h1-6,10H,7-8H2,(H,16,19)(H,17,18)/t10-/m0/s1. The number of carbonyl (C=O) groups is 2. The molecule has 0 fully saturated rings. The van der Waals surface area contributed by atoms with Gasteiger partial charge in [0.15, 0.2) is 17.3 Å². The molecule has 0 bridgehead atoms. The molecule has 0 aliphatic carbocycles. The normalized spacial score (nSPS) is 13.6. The van der Waals surface area contributed by atoms with Gasteiger partial charge in [-0.2, -0.15) is 0 Å². The Morgan fingerprint density at radius 1 is 1.23 bits per heavy atom. The lowest BCUT2D eigenvalue weighted by Gasteiger charge is -2.17. The second-order valence-electron chi connectivity index (χ2n) is 4.71. The largest absolute Gasteiger partial charge is 0.481 e. The maximum atomic E-state index is 12.1. The summed E-state index contributed by atoms with van der Waals surface area (Å²) in [5.41, 5.74) is 0.617. The highest BCUT2D eigenvalue weighted by Crippen LogP contribution is 2.34. The van der Waals surface area contributed by atoms with Gasteiger partial charge in [0.1, 0.15) is 0 Å². The van der Waals surface area contributed by atoms with Crippen molar-refractivity contribution in [2.45, 2.75) is 12.5 Å². The van der Waals surface area contributed by atoms with Gasteiger partial charge in [-0.3, -0.25) is 9.59 Å². The summed E-state index contributed by atoms with van der Waals surface area (Å²) >= 11 is 0. The molecule has 7 nitrogen and oxygen atoms in total. The minimum atomic E-state index is -1.03. The van der Waals surface area contributed by atoms with Crippen LogP contribution in [0.1, 0.15) is 28.6 Å². The van der Waals surface area contributed by atoms with E-state index in [1.807, 2.05) is 0 Å². The Morgan fingerprint density at radius 3 is 2.77 bits per heavy atom. The van der Waals surface area contributed by atoms with Gasteiger partial charge in [-0.1, -0.05) is 6.07 Å². The topological polar surface area (TPSA) is 98.0 Å². The van der Waals surface area contributed by atoms with E-state index >= 15 is 0 Å². The number of nitrogens with one attached hydrogen (secondary N) is 1. The minimum absolute atomic E-state index is 0.121. The smallest absolute Gasteiger partial charge is 0.305 e. The van der Waals surface area contributed by atoms with Crippen LogP contribution in [-0.2, 0) is 4.79 Å². The van der Waals surface area contributed by atoms with Crippen molar-refractivity contribution in [1.29, 1.82) is 0 Å². The Kier molecular flexibility index (Phi) is 3.69. The molecule has 3 rings (SSSR count). The Balaban J connectivity index is 1.83. The number of benzene rings is 1. The van der Waals surface area contributed by atoms with Crippen LogP contribution < -0.4 is 14.8 Å². The SMILES string of the molecule is O=C(O)C[C@H](NC(=O)c1ccco1)c1ccc2c(c1)OCO2. The number of ether oxygens (including phenoxy) is 2. The number of carbonyl (C=O) groups excluding carboxylic acids is 1. The highest BCUT2D eigenvalue weighted by molar-refractivity contribution is 5.92. The number of amides is 1. The first-order valence-corrected chi connectivity index (χ1v) is 6.59. The van der Waals surface area contributed by atoms with Crippen molar-refractivity contribution in [2.75, 3.05) is 6.79 Å². The zero-order valence-electron chi connectivity index (χ0n) is 11.4. The molecule has 1 aliphatic rings. The highest BCUT2D eigenvalue weighted by Gasteiger charge is 2.23. The Morgan fingerprint density at radius 2 is 2.05 bits per heavy atom. The van der Waals surface area contributed by atoms with E-state index < -0.39 is 17.9 Å². The number of carboxylic acid groups (broad SMARTS) is 1. The van der Waals surface area contributed by atoms with Crippen LogP contribution in [0, 0.1) is 0 Å². The van der Waals surface area contributed by atoms with Crippen molar-refractivity contribution >= 4 is 11.9 Å². The molecule has 7 heteroatoms. The predicted octanol–water partition coefficient (Wildman–Crippen LogP) is 1.95. The van der Waals surface area contributed by atoms with Gasteiger partial charge in [0, 0.05) is 0 Å². The highest BCUT2D eigenvalue weighted by atomic mass is 16.7. The summed E-state index contributed by atoms with van der Waals surface area (Å²) in [6.45, 7) is 0.126. The molecular weight excluding hydrogens is 290 g/mol. The average Bonchev–Trinajstić information content (AvgIpc) is 3.16. The zero-order valence-corrected chi connectivity index (χ0v) is 11.4. The second kappa shape index (κ2) is 5.80. The van der Waals surface area contributed by atoms with Crippen LogP contribution in [0.3, 0.4) is 0 Å². The number of hydrogen-bond donors (Lipinski definition) is 2. The van der Waals surface area contributed by atoms with Crippen LogP contribution in [0.5, 0.6) is 11.5 Å². The summed E-state index contributed by atoms with van der Waals surface area (Å²) in [5.74, 6) is -0.261. The number of carboxylic acids is 1. The lowest BCUT2D eigenvalue weighted by atomic mass is 10.0. The molecule has 0 unspecified atom stereocenters. The van der Waals surface area contributed by atoms with Gasteiger partial charge in [0.2, 0.25) is 6.79 Å². The third kappa shape index (κ3) is 2.88. The van der Waals surface area contributed by atoms with Gasteiger partial charge >= 0.3 is 5.97 Å². The van der Waals surface area contributed by atoms with Crippen molar-refractivity contribution in [3.63, 3.8) is 0 Å². The molecule has 0 radical (unpaired) electrons. The van der Waals surface area contributed by atoms with E-state index in [0.29, 0.717) is 17.1 Å². The fraction of sp³-hybridized carbons (Fsp3) is 0.200. The molecular formula is C15H13NO6. The van der Waals surface area contributed by atoms with E-state index in [0.717, 1.165) is 0 Å². The van der Waals surface area contributed by atoms with Crippen molar-refractivity contribution < 1.29 is 28.6 Å². The predicted molar refractivity (Wildman–Crippen MR) is 73.7 cm³/mol. The van der Waals surface area contributed by atoms with Crippen LogP contribution >= 0.6 is 0 Å². The first-order valence-electron chi connectivity index (χ1n) is 6.59. The third-order valence-corrected chi connectivity index (χ3v) is 3.23. The van der Waals surface area contributed by atoms with Crippen molar-refractivity contribution in [3.05, 3.63) is 47.9 Å². The van der Waals surface area contributed by atoms with Crippen LogP contribution in [0.4, 0.5) is 0 Å². The third-order valence-electron chi connectivity index (χ3n) is 3.23. The first kappa shape index (κ1) is 14.0. The summed E-state index contributed by atoms with van der Waals surface area (Å²) in [6.07, 6.45) is 1.12. The molecule has 1 aliphatic heterocycles. The zero-order chi connectivity index (χ0) is 15.5. The molecule has 1 atom stereocenters. The minimum Gasteiger partial charge on any atom is -0.481 e. The molecule has 0 spiro atoms. The van der Waals surface area contributed by atoms with Crippen LogP contribution in [-0.4, -0.2) is 23.8 Å². The van der Waals surface area contributed by atoms with Gasteiger partial charge in [-0.15, -0.1) is 0 Å². The molecule has 1 aromatic carbocycles. The maximum Gasteiger partial charge on any atom is 0.305 e. The van der Waals surface area contributed by atoms with Gasteiger partial charge in [-0.05, 0) is 29.8 Å². The van der Waals surface area contributed by atoms with E-state index in [1.165, 1.54) is 12.3 Å². The van der Waals surface area contributed by atoms with Crippen LogP contribution in [0.15, 0.2) is 41.0 Å². The maximum absolute atomic E-state index is 12.1. The van der Waals surface area contributed by atoms with Gasteiger partial charge < -0.3 is 24.3 Å². The van der Waals surface area contributed by atoms with Gasteiger partial charge in [0.05, 0.1) is 18.7 Å². The van der Waals surface area contributed by atoms with E-state index in [2.05, 4.69) is 5.32 Å².